The first-order valence-corrected chi connectivity index (χ1v) is 9.22. The molecule has 1 aromatic heterocycles. The van der Waals surface area contributed by atoms with Crippen LogP contribution in [0.5, 0.6) is 0 Å². The maximum atomic E-state index is 5.60. The van der Waals surface area contributed by atoms with Crippen LogP contribution in [0.2, 0.25) is 0 Å². The summed E-state index contributed by atoms with van der Waals surface area (Å²) in [6.45, 7) is 10.8. The van der Waals surface area contributed by atoms with Gasteiger partial charge in [0.1, 0.15) is 0 Å². The first-order valence-electron chi connectivity index (χ1n) is 9.22. The van der Waals surface area contributed by atoms with Crippen molar-refractivity contribution in [3.05, 3.63) is 47.7 Å². The standard InChI is InChI=1S/C20H30N4O/c1-16(19-22-21-17(2)25-19)23(4)15-20(3)10-12-24(13-11-20)14-18-8-6-5-7-9-18/h5-9,16H,10-15H2,1-4H3/t16-/m0/s1. The van der Waals surface area contributed by atoms with Crippen molar-refractivity contribution in [2.24, 2.45) is 5.41 Å². The summed E-state index contributed by atoms with van der Waals surface area (Å²) in [5.74, 6) is 1.35. The third kappa shape index (κ3) is 4.67. The van der Waals surface area contributed by atoms with Gasteiger partial charge in [-0.1, -0.05) is 37.3 Å². The Labute approximate surface area is 151 Å². The smallest absolute Gasteiger partial charge is 0.233 e. The Hall–Kier alpha value is -1.72. The Morgan fingerprint density at radius 1 is 1.20 bits per heavy atom. The van der Waals surface area contributed by atoms with Crippen LogP contribution in [0.25, 0.3) is 0 Å². The molecule has 1 aromatic carbocycles. The molecule has 136 valence electrons. The van der Waals surface area contributed by atoms with Crippen LogP contribution >= 0.6 is 0 Å². The van der Waals surface area contributed by atoms with Crippen molar-refractivity contribution in [3.63, 3.8) is 0 Å². The summed E-state index contributed by atoms with van der Waals surface area (Å²) < 4.78 is 5.60. The van der Waals surface area contributed by atoms with Crippen LogP contribution in [-0.4, -0.2) is 46.7 Å². The van der Waals surface area contributed by atoms with Gasteiger partial charge >= 0.3 is 0 Å². The Morgan fingerprint density at radius 2 is 1.88 bits per heavy atom. The number of hydrogen-bond donors (Lipinski definition) is 0. The van der Waals surface area contributed by atoms with Crippen molar-refractivity contribution in [2.75, 3.05) is 26.7 Å². The highest BCUT2D eigenvalue weighted by Crippen LogP contribution is 2.34. The number of nitrogens with zero attached hydrogens (tertiary/aromatic N) is 4. The van der Waals surface area contributed by atoms with E-state index in [0.29, 0.717) is 17.2 Å². The topological polar surface area (TPSA) is 45.4 Å². The first-order chi connectivity index (χ1) is 12.0. The van der Waals surface area contributed by atoms with Crippen molar-refractivity contribution in [1.29, 1.82) is 0 Å². The van der Waals surface area contributed by atoms with E-state index in [4.69, 9.17) is 4.42 Å². The predicted molar refractivity (Wildman–Crippen MR) is 99.1 cm³/mol. The van der Waals surface area contributed by atoms with Crippen molar-refractivity contribution in [3.8, 4) is 0 Å². The van der Waals surface area contributed by atoms with Crippen LogP contribution in [0.1, 0.15) is 50.1 Å². The summed E-state index contributed by atoms with van der Waals surface area (Å²) in [7, 11) is 2.16. The molecule has 1 saturated heterocycles. The Bertz CT molecular complexity index is 661. The minimum absolute atomic E-state index is 0.153. The van der Waals surface area contributed by atoms with Crippen LogP contribution in [0.15, 0.2) is 34.7 Å². The Balaban J connectivity index is 1.51. The van der Waals surface area contributed by atoms with Crippen molar-refractivity contribution < 1.29 is 4.42 Å². The summed E-state index contributed by atoms with van der Waals surface area (Å²) >= 11 is 0. The molecule has 1 aliphatic rings. The van der Waals surface area contributed by atoms with Gasteiger partial charge < -0.3 is 4.42 Å². The fourth-order valence-corrected chi connectivity index (χ4v) is 3.66. The van der Waals surface area contributed by atoms with Gasteiger partial charge in [0.2, 0.25) is 11.8 Å². The van der Waals surface area contributed by atoms with Gasteiger partial charge in [0.25, 0.3) is 0 Å². The number of piperidine rings is 1. The summed E-state index contributed by atoms with van der Waals surface area (Å²) in [5, 5.41) is 8.13. The van der Waals surface area contributed by atoms with E-state index >= 15 is 0 Å². The van der Waals surface area contributed by atoms with Crippen LogP contribution in [-0.2, 0) is 6.54 Å². The number of aryl methyl sites for hydroxylation is 1. The zero-order valence-corrected chi connectivity index (χ0v) is 15.9. The lowest BCUT2D eigenvalue weighted by atomic mass is 9.79. The number of rotatable bonds is 6. The van der Waals surface area contributed by atoms with Crippen LogP contribution in [0.4, 0.5) is 0 Å². The summed E-state index contributed by atoms with van der Waals surface area (Å²) in [6.07, 6.45) is 2.44. The Morgan fingerprint density at radius 3 is 2.48 bits per heavy atom. The molecule has 3 rings (SSSR count). The molecule has 5 heteroatoms. The second-order valence-electron chi connectivity index (χ2n) is 7.82. The molecule has 0 amide bonds. The van der Waals surface area contributed by atoms with E-state index in [1.165, 1.54) is 18.4 Å². The van der Waals surface area contributed by atoms with Crippen LogP contribution < -0.4 is 0 Å². The second-order valence-corrected chi connectivity index (χ2v) is 7.82. The van der Waals surface area contributed by atoms with E-state index in [2.05, 4.69) is 71.2 Å². The van der Waals surface area contributed by atoms with Crippen molar-refractivity contribution in [2.45, 2.75) is 46.2 Å². The lowest BCUT2D eigenvalue weighted by molar-refractivity contribution is 0.0637. The monoisotopic (exact) mass is 342 g/mol. The fourth-order valence-electron chi connectivity index (χ4n) is 3.66. The second kappa shape index (κ2) is 7.67. The summed E-state index contributed by atoms with van der Waals surface area (Å²) in [6, 6.07) is 10.9. The molecule has 2 aromatic rings. The van der Waals surface area contributed by atoms with Crippen molar-refractivity contribution >= 4 is 0 Å². The molecule has 1 atom stereocenters. The molecule has 0 saturated carbocycles. The van der Waals surface area contributed by atoms with E-state index < -0.39 is 0 Å². The summed E-state index contributed by atoms with van der Waals surface area (Å²) in [5.41, 5.74) is 1.74. The van der Waals surface area contributed by atoms with Crippen LogP contribution in [0, 0.1) is 12.3 Å². The SMILES string of the molecule is Cc1nnc([C@H](C)N(C)CC2(C)CCN(Cc3ccccc3)CC2)o1. The van der Waals surface area contributed by atoms with E-state index in [9.17, 15) is 0 Å². The average molecular weight is 342 g/mol. The number of hydrogen-bond acceptors (Lipinski definition) is 5. The molecule has 0 bridgehead atoms. The third-order valence-electron chi connectivity index (χ3n) is 5.50. The van der Waals surface area contributed by atoms with E-state index in [1.807, 2.05) is 6.92 Å². The van der Waals surface area contributed by atoms with Gasteiger partial charge in [0, 0.05) is 20.0 Å². The molecule has 1 fully saturated rings. The quantitative estimate of drug-likeness (QED) is 0.801. The minimum atomic E-state index is 0.153. The van der Waals surface area contributed by atoms with Crippen molar-refractivity contribution in [1.82, 2.24) is 20.0 Å². The predicted octanol–water partition coefficient (Wildman–Crippen LogP) is 3.67. The van der Waals surface area contributed by atoms with Gasteiger partial charge in [-0.2, -0.15) is 0 Å². The zero-order chi connectivity index (χ0) is 17.9. The number of likely N-dealkylation sites (tertiary alicyclic amines) is 1. The highest BCUT2D eigenvalue weighted by atomic mass is 16.4. The highest BCUT2D eigenvalue weighted by molar-refractivity contribution is 5.14. The molecule has 0 radical (unpaired) electrons. The first kappa shape index (κ1) is 18.1. The molecule has 1 aliphatic heterocycles. The maximum Gasteiger partial charge on any atom is 0.233 e. The molecule has 0 unspecified atom stereocenters. The molecule has 0 N–H and O–H groups in total. The van der Waals surface area contributed by atoms with Gasteiger partial charge in [-0.15, -0.1) is 10.2 Å². The lowest BCUT2D eigenvalue weighted by Crippen LogP contribution is -2.44. The van der Waals surface area contributed by atoms with Gasteiger partial charge in [0.05, 0.1) is 6.04 Å². The lowest BCUT2D eigenvalue weighted by Gasteiger charge is -2.42. The fraction of sp³-hybridized carbons (Fsp3) is 0.600. The van der Waals surface area contributed by atoms with Crippen LogP contribution in [0.3, 0.4) is 0 Å². The molecule has 0 aliphatic carbocycles. The molecular formula is C20H30N4O. The van der Waals surface area contributed by atoms with E-state index in [-0.39, 0.29) is 6.04 Å². The summed E-state index contributed by atoms with van der Waals surface area (Å²) in [4.78, 5) is 4.92. The average Bonchev–Trinajstić information content (AvgIpc) is 3.04. The molecule has 0 spiro atoms. The van der Waals surface area contributed by atoms with Gasteiger partial charge in [-0.25, -0.2) is 0 Å². The molecule has 2 heterocycles. The molecule has 25 heavy (non-hydrogen) atoms. The Kier molecular flexibility index (Phi) is 5.54. The van der Waals surface area contributed by atoms with E-state index in [1.54, 1.807) is 0 Å². The maximum absolute atomic E-state index is 5.60. The minimum Gasteiger partial charge on any atom is -0.424 e. The van der Waals surface area contributed by atoms with E-state index in [0.717, 1.165) is 26.2 Å². The van der Waals surface area contributed by atoms with Gasteiger partial charge in [-0.3, -0.25) is 9.80 Å². The molecular weight excluding hydrogens is 312 g/mol. The molecule has 5 nitrogen and oxygen atoms in total. The van der Waals surface area contributed by atoms with Gasteiger partial charge in [-0.05, 0) is 50.9 Å². The zero-order valence-electron chi connectivity index (χ0n) is 15.9. The third-order valence-corrected chi connectivity index (χ3v) is 5.50. The highest BCUT2D eigenvalue weighted by Gasteiger charge is 2.33. The van der Waals surface area contributed by atoms with Gasteiger partial charge in [0.15, 0.2) is 0 Å². The normalized spacial score (nSPS) is 19.2. The number of aromatic nitrogens is 2. The largest absolute Gasteiger partial charge is 0.424 e. The number of benzene rings is 1.